The highest BCUT2D eigenvalue weighted by atomic mass is 32.2. The molecule has 3 N–H and O–H groups in total. The van der Waals surface area contributed by atoms with Crippen molar-refractivity contribution in [2.24, 2.45) is 5.73 Å². The lowest BCUT2D eigenvalue weighted by Gasteiger charge is -2.35. The number of hydrogen-bond acceptors (Lipinski definition) is 4. The van der Waals surface area contributed by atoms with Gasteiger partial charge in [-0.1, -0.05) is 0 Å². The fourth-order valence-electron chi connectivity index (χ4n) is 2.69. The molecule has 0 bridgehead atoms. The SMILES string of the molecule is CC(C)(N)CN1CCC(NS(=O)(=O)c2ccc(F)cc2)CC1. The van der Waals surface area contributed by atoms with E-state index in [1.807, 2.05) is 13.8 Å². The molecule has 7 heteroatoms. The molecule has 1 aromatic rings. The van der Waals surface area contributed by atoms with Gasteiger partial charge in [-0.15, -0.1) is 0 Å². The number of sulfonamides is 1. The zero-order chi connectivity index (χ0) is 16.4. The number of likely N-dealkylation sites (tertiary alicyclic amines) is 1. The molecule has 1 aliphatic rings. The number of nitrogens with two attached hydrogens (primary N) is 1. The Morgan fingerprint density at radius 3 is 2.32 bits per heavy atom. The minimum atomic E-state index is -3.59. The van der Waals surface area contributed by atoms with E-state index in [0.29, 0.717) is 0 Å². The van der Waals surface area contributed by atoms with Gasteiger partial charge in [0.25, 0.3) is 0 Å². The largest absolute Gasteiger partial charge is 0.324 e. The maximum atomic E-state index is 12.9. The van der Waals surface area contributed by atoms with Crippen molar-refractivity contribution in [1.82, 2.24) is 9.62 Å². The summed E-state index contributed by atoms with van der Waals surface area (Å²) in [5.41, 5.74) is 5.76. The van der Waals surface area contributed by atoms with Crippen LogP contribution in [0.2, 0.25) is 0 Å². The molecule has 0 aliphatic carbocycles. The highest BCUT2D eigenvalue weighted by Crippen LogP contribution is 2.16. The first-order valence-electron chi connectivity index (χ1n) is 7.45. The third-order valence-corrected chi connectivity index (χ3v) is 5.20. The van der Waals surface area contributed by atoms with Crippen molar-refractivity contribution in [3.05, 3.63) is 30.1 Å². The van der Waals surface area contributed by atoms with Crippen molar-refractivity contribution in [2.75, 3.05) is 19.6 Å². The van der Waals surface area contributed by atoms with Crippen molar-refractivity contribution < 1.29 is 12.8 Å². The van der Waals surface area contributed by atoms with Gasteiger partial charge in [-0.3, -0.25) is 0 Å². The Bertz CT molecular complexity index is 588. The molecule has 1 heterocycles. The first-order valence-corrected chi connectivity index (χ1v) is 8.93. The minimum Gasteiger partial charge on any atom is -0.324 e. The molecule has 0 unspecified atom stereocenters. The predicted molar refractivity (Wildman–Crippen MR) is 84.4 cm³/mol. The average Bonchev–Trinajstić information content (AvgIpc) is 2.39. The van der Waals surface area contributed by atoms with Gasteiger partial charge >= 0.3 is 0 Å². The van der Waals surface area contributed by atoms with Gasteiger partial charge in [-0.05, 0) is 64.0 Å². The molecule has 0 saturated carbocycles. The second kappa shape index (κ2) is 6.62. The fraction of sp³-hybridized carbons (Fsp3) is 0.600. The van der Waals surface area contributed by atoms with Crippen molar-refractivity contribution in [1.29, 1.82) is 0 Å². The van der Waals surface area contributed by atoms with Crippen LogP contribution in [0.15, 0.2) is 29.2 Å². The molecule has 1 saturated heterocycles. The minimum absolute atomic E-state index is 0.0906. The van der Waals surface area contributed by atoms with E-state index in [9.17, 15) is 12.8 Å². The number of piperidine rings is 1. The van der Waals surface area contributed by atoms with Crippen molar-refractivity contribution in [3.8, 4) is 0 Å². The summed E-state index contributed by atoms with van der Waals surface area (Å²) in [6.45, 7) is 6.39. The Morgan fingerprint density at radius 1 is 1.27 bits per heavy atom. The Morgan fingerprint density at radius 2 is 1.82 bits per heavy atom. The van der Waals surface area contributed by atoms with E-state index in [1.54, 1.807) is 0 Å². The molecule has 1 aromatic carbocycles. The molecule has 124 valence electrons. The fourth-order valence-corrected chi connectivity index (χ4v) is 3.99. The van der Waals surface area contributed by atoms with E-state index in [2.05, 4.69) is 9.62 Å². The molecule has 1 aliphatic heterocycles. The van der Waals surface area contributed by atoms with Crippen LogP contribution < -0.4 is 10.5 Å². The zero-order valence-electron chi connectivity index (χ0n) is 13.0. The van der Waals surface area contributed by atoms with Crippen LogP contribution in [0.25, 0.3) is 0 Å². The molecule has 22 heavy (non-hydrogen) atoms. The Balaban J connectivity index is 1.91. The van der Waals surface area contributed by atoms with E-state index < -0.39 is 15.8 Å². The van der Waals surface area contributed by atoms with Gasteiger partial charge < -0.3 is 10.6 Å². The van der Waals surface area contributed by atoms with Crippen LogP contribution in [-0.4, -0.2) is 44.5 Å². The predicted octanol–water partition coefficient (Wildman–Crippen LogP) is 1.31. The van der Waals surface area contributed by atoms with Crippen molar-refractivity contribution in [2.45, 2.75) is 43.2 Å². The standard InChI is InChI=1S/C15H24FN3O2S/c1-15(2,17)11-19-9-7-13(8-10-19)18-22(20,21)14-5-3-12(16)4-6-14/h3-6,13,18H,7-11,17H2,1-2H3. The van der Waals surface area contributed by atoms with Gasteiger partial charge in [-0.2, -0.15) is 0 Å². The van der Waals surface area contributed by atoms with E-state index >= 15 is 0 Å². The average molecular weight is 329 g/mol. The topological polar surface area (TPSA) is 75.4 Å². The smallest absolute Gasteiger partial charge is 0.240 e. The summed E-state index contributed by atoms with van der Waals surface area (Å²) in [5, 5.41) is 0. The van der Waals surface area contributed by atoms with Gasteiger partial charge in [0.15, 0.2) is 0 Å². The monoisotopic (exact) mass is 329 g/mol. The van der Waals surface area contributed by atoms with E-state index in [0.717, 1.165) is 44.6 Å². The summed E-state index contributed by atoms with van der Waals surface area (Å²) < 4.78 is 40.1. The molecule has 1 fully saturated rings. The molecule has 5 nitrogen and oxygen atoms in total. The highest BCUT2D eigenvalue weighted by Gasteiger charge is 2.26. The number of nitrogens with one attached hydrogen (secondary N) is 1. The molecule has 0 radical (unpaired) electrons. The Hall–Kier alpha value is -1.02. The third kappa shape index (κ3) is 5.01. The molecular weight excluding hydrogens is 305 g/mol. The summed E-state index contributed by atoms with van der Waals surface area (Å²) >= 11 is 0. The van der Waals surface area contributed by atoms with Gasteiger partial charge in [0.1, 0.15) is 5.82 Å². The van der Waals surface area contributed by atoms with Crippen molar-refractivity contribution >= 4 is 10.0 Å². The van der Waals surface area contributed by atoms with Crippen LogP contribution in [0.5, 0.6) is 0 Å². The number of rotatable bonds is 5. The maximum Gasteiger partial charge on any atom is 0.240 e. The molecule has 0 atom stereocenters. The number of hydrogen-bond donors (Lipinski definition) is 2. The number of nitrogens with zero attached hydrogens (tertiary/aromatic N) is 1. The van der Waals surface area contributed by atoms with Crippen molar-refractivity contribution in [3.63, 3.8) is 0 Å². The van der Waals surface area contributed by atoms with Gasteiger partial charge in [0.2, 0.25) is 10.0 Å². The summed E-state index contributed by atoms with van der Waals surface area (Å²) in [6.07, 6.45) is 1.49. The van der Waals surface area contributed by atoms with Gasteiger partial charge in [0, 0.05) is 18.1 Å². The molecular formula is C15H24FN3O2S. The van der Waals surface area contributed by atoms with Gasteiger partial charge in [-0.25, -0.2) is 17.5 Å². The van der Waals surface area contributed by atoms with E-state index in [-0.39, 0.29) is 16.5 Å². The summed E-state index contributed by atoms with van der Waals surface area (Å²) in [7, 11) is -3.59. The quantitative estimate of drug-likeness (QED) is 0.854. The Kier molecular flexibility index (Phi) is 5.21. The first-order chi connectivity index (χ1) is 10.2. The van der Waals surface area contributed by atoms with Gasteiger partial charge in [0.05, 0.1) is 4.90 Å². The lowest BCUT2D eigenvalue weighted by molar-refractivity contribution is 0.176. The normalized spacial score (nSPS) is 18.5. The van der Waals surface area contributed by atoms with Crippen LogP contribution in [0.4, 0.5) is 4.39 Å². The third-order valence-electron chi connectivity index (χ3n) is 3.66. The lowest BCUT2D eigenvalue weighted by Crippen LogP contribution is -2.50. The van der Waals surface area contributed by atoms with Crippen LogP contribution >= 0.6 is 0 Å². The van der Waals surface area contributed by atoms with E-state index in [1.165, 1.54) is 12.1 Å². The molecule has 2 rings (SSSR count). The summed E-state index contributed by atoms with van der Waals surface area (Å²) in [5.74, 6) is -0.448. The first kappa shape index (κ1) is 17.3. The second-order valence-corrected chi connectivity index (χ2v) is 8.33. The molecule has 0 aromatic heterocycles. The highest BCUT2D eigenvalue weighted by molar-refractivity contribution is 7.89. The van der Waals surface area contributed by atoms with Crippen LogP contribution in [-0.2, 0) is 10.0 Å². The molecule has 0 amide bonds. The van der Waals surface area contributed by atoms with Crippen LogP contribution in [0.1, 0.15) is 26.7 Å². The van der Waals surface area contributed by atoms with Crippen LogP contribution in [0.3, 0.4) is 0 Å². The summed E-state index contributed by atoms with van der Waals surface area (Å²) in [6, 6.07) is 4.78. The lowest BCUT2D eigenvalue weighted by atomic mass is 10.0. The summed E-state index contributed by atoms with van der Waals surface area (Å²) in [4.78, 5) is 2.35. The van der Waals surface area contributed by atoms with Crippen LogP contribution in [0, 0.1) is 5.82 Å². The Labute approximate surface area is 131 Å². The molecule has 0 spiro atoms. The maximum absolute atomic E-state index is 12.9. The zero-order valence-corrected chi connectivity index (χ0v) is 13.9. The number of halogens is 1. The second-order valence-electron chi connectivity index (χ2n) is 6.61. The van der Waals surface area contributed by atoms with E-state index in [4.69, 9.17) is 5.73 Å². The number of benzene rings is 1.